The van der Waals surface area contributed by atoms with Crippen LogP contribution in [-0.2, 0) is 18.9 Å². The molecule has 12 nitrogen and oxygen atoms in total. The van der Waals surface area contributed by atoms with E-state index < -0.39 is 74.5 Å². The van der Waals surface area contributed by atoms with Gasteiger partial charge in [0.15, 0.2) is 12.4 Å². The first-order valence-corrected chi connectivity index (χ1v) is 11.2. The number of hydrogen-bond acceptors (Lipinski definition) is 12. The number of carbonyl (C=O) groups is 1. The zero-order valence-corrected chi connectivity index (χ0v) is 19.0. The maximum Gasteiger partial charge on any atom is 0.338 e. The van der Waals surface area contributed by atoms with Gasteiger partial charge in [0.1, 0.15) is 48.1 Å². The van der Waals surface area contributed by atoms with Crippen molar-refractivity contribution in [2.45, 2.75) is 48.7 Å². The quantitative estimate of drug-likeness (QED) is 0.237. The molecule has 2 heterocycles. The Labute approximate surface area is 205 Å². The Morgan fingerprint density at radius 3 is 2.33 bits per heavy atom. The summed E-state index contributed by atoms with van der Waals surface area (Å²) in [5.41, 5.74) is -1.70. The zero-order valence-electron chi connectivity index (χ0n) is 19.0. The second-order valence-corrected chi connectivity index (χ2v) is 8.59. The molecule has 0 unspecified atom stereocenters. The van der Waals surface area contributed by atoms with Crippen LogP contribution in [0, 0.1) is 0 Å². The molecule has 12 heteroatoms. The van der Waals surface area contributed by atoms with E-state index in [4.69, 9.17) is 23.7 Å². The van der Waals surface area contributed by atoms with Crippen LogP contribution in [-0.4, -0.2) is 105 Å². The van der Waals surface area contributed by atoms with Crippen molar-refractivity contribution in [1.29, 1.82) is 0 Å². The lowest BCUT2D eigenvalue weighted by Crippen LogP contribution is -2.62. The Morgan fingerprint density at radius 1 is 1.00 bits per heavy atom. The van der Waals surface area contributed by atoms with Gasteiger partial charge in [-0.2, -0.15) is 0 Å². The molecule has 4 rings (SSSR count). The fraction of sp³-hybridized carbons (Fsp3) is 0.458. The van der Waals surface area contributed by atoms with E-state index in [9.17, 15) is 35.4 Å². The normalized spacial score (nSPS) is 34.3. The number of ether oxygens (including phenoxy) is 5. The van der Waals surface area contributed by atoms with Gasteiger partial charge in [-0.05, 0) is 36.4 Å². The van der Waals surface area contributed by atoms with Crippen molar-refractivity contribution in [2.24, 2.45) is 0 Å². The molecule has 0 radical (unpaired) electrons. The summed E-state index contributed by atoms with van der Waals surface area (Å²) in [7, 11) is 0. The highest BCUT2D eigenvalue weighted by atomic mass is 16.8. The van der Waals surface area contributed by atoms with E-state index in [0.29, 0.717) is 0 Å². The standard InChI is InChI=1S/C24H28O12/c25-11-24(31)12-33-23(20(24)29)36-19-18(28)17(27)16(10-32-21(30)13-4-2-1-3-5-13)35-22(19)34-15-8-6-14(26)7-9-15/h1-9,16-20,22-23,25-29,31H,10-12H2/t16-,17-,18+,19-,20+,22-,23+,24-/m1/s1. The molecule has 36 heavy (non-hydrogen) atoms. The zero-order chi connectivity index (χ0) is 25.9. The minimum atomic E-state index is -1.98. The maximum atomic E-state index is 12.3. The molecule has 6 N–H and O–H groups in total. The topological polar surface area (TPSA) is 185 Å². The van der Waals surface area contributed by atoms with E-state index >= 15 is 0 Å². The lowest BCUT2D eigenvalue weighted by Gasteiger charge is -2.42. The van der Waals surface area contributed by atoms with Crippen LogP contribution in [0.5, 0.6) is 11.5 Å². The number of aromatic hydroxyl groups is 1. The molecule has 0 amide bonds. The van der Waals surface area contributed by atoms with Gasteiger partial charge in [-0.15, -0.1) is 0 Å². The number of hydrogen-bond donors (Lipinski definition) is 6. The molecule has 0 aliphatic carbocycles. The molecule has 0 spiro atoms. The highest BCUT2D eigenvalue weighted by molar-refractivity contribution is 5.89. The molecule has 2 aliphatic rings. The van der Waals surface area contributed by atoms with Crippen molar-refractivity contribution < 1.29 is 59.1 Å². The number of phenols is 1. The Morgan fingerprint density at radius 2 is 1.69 bits per heavy atom. The highest BCUT2D eigenvalue weighted by Crippen LogP contribution is 2.32. The Balaban J connectivity index is 1.50. The Kier molecular flexibility index (Phi) is 8.07. The summed E-state index contributed by atoms with van der Waals surface area (Å²) in [6.07, 6.45) is -10.5. The fourth-order valence-corrected chi connectivity index (χ4v) is 3.82. The van der Waals surface area contributed by atoms with Gasteiger partial charge < -0.3 is 54.3 Å². The summed E-state index contributed by atoms with van der Waals surface area (Å²) >= 11 is 0. The number of carbonyl (C=O) groups excluding carboxylic acids is 1. The lowest BCUT2D eigenvalue weighted by atomic mass is 9.98. The first kappa shape index (κ1) is 26.3. The molecule has 2 fully saturated rings. The SMILES string of the molecule is O=C(OC[C@H]1O[C@@H](Oc2ccc(O)cc2)[C@H](O[C@@H]2OC[C@](O)(CO)[C@H]2O)[C@@H](O)[C@@H]1O)c1ccccc1. The third-order valence-corrected chi connectivity index (χ3v) is 5.99. The molecular formula is C24H28O12. The molecule has 0 aromatic heterocycles. The molecule has 8 atom stereocenters. The summed E-state index contributed by atoms with van der Waals surface area (Å²) in [6, 6.07) is 13.7. The van der Waals surface area contributed by atoms with Crippen LogP contribution in [0.1, 0.15) is 10.4 Å². The van der Waals surface area contributed by atoms with Gasteiger partial charge in [-0.25, -0.2) is 4.79 Å². The molecule has 2 saturated heterocycles. The van der Waals surface area contributed by atoms with Crippen LogP contribution in [0.2, 0.25) is 0 Å². The van der Waals surface area contributed by atoms with E-state index in [1.807, 2.05) is 0 Å². The minimum Gasteiger partial charge on any atom is -0.508 e. The van der Waals surface area contributed by atoms with Gasteiger partial charge in [-0.3, -0.25) is 0 Å². The van der Waals surface area contributed by atoms with Gasteiger partial charge in [0, 0.05) is 0 Å². The van der Waals surface area contributed by atoms with Crippen LogP contribution in [0.3, 0.4) is 0 Å². The molecule has 196 valence electrons. The van der Waals surface area contributed by atoms with Crippen molar-refractivity contribution in [3.8, 4) is 11.5 Å². The summed E-state index contributed by atoms with van der Waals surface area (Å²) in [5.74, 6) is -0.484. The van der Waals surface area contributed by atoms with Crippen molar-refractivity contribution >= 4 is 5.97 Å². The van der Waals surface area contributed by atoms with E-state index in [2.05, 4.69) is 0 Å². The second-order valence-electron chi connectivity index (χ2n) is 8.59. The van der Waals surface area contributed by atoms with Crippen molar-refractivity contribution in [1.82, 2.24) is 0 Å². The van der Waals surface area contributed by atoms with Crippen molar-refractivity contribution in [2.75, 3.05) is 19.8 Å². The summed E-state index contributed by atoms with van der Waals surface area (Å²) in [4.78, 5) is 12.3. The number of benzene rings is 2. The maximum absolute atomic E-state index is 12.3. The molecular weight excluding hydrogens is 480 g/mol. The highest BCUT2D eigenvalue weighted by Gasteiger charge is 2.53. The second kappa shape index (κ2) is 11.1. The smallest absolute Gasteiger partial charge is 0.338 e. The van der Waals surface area contributed by atoms with Crippen LogP contribution in [0.4, 0.5) is 0 Å². The van der Waals surface area contributed by atoms with Gasteiger partial charge >= 0.3 is 5.97 Å². The van der Waals surface area contributed by atoms with Gasteiger partial charge in [0.25, 0.3) is 0 Å². The number of aliphatic hydroxyl groups is 5. The minimum absolute atomic E-state index is 0.0216. The van der Waals surface area contributed by atoms with E-state index in [1.165, 1.54) is 24.3 Å². The van der Waals surface area contributed by atoms with Gasteiger partial charge in [0.05, 0.1) is 18.8 Å². The lowest BCUT2D eigenvalue weighted by molar-refractivity contribution is -0.318. The predicted molar refractivity (Wildman–Crippen MR) is 119 cm³/mol. The summed E-state index contributed by atoms with van der Waals surface area (Å²) < 4.78 is 27.7. The molecule has 2 aromatic carbocycles. The number of esters is 1. The van der Waals surface area contributed by atoms with Crippen LogP contribution in [0.25, 0.3) is 0 Å². The molecule has 0 bridgehead atoms. The first-order valence-electron chi connectivity index (χ1n) is 11.2. The van der Waals surface area contributed by atoms with Crippen molar-refractivity contribution in [3.63, 3.8) is 0 Å². The largest absolute Gasteiger partial charge is 0.508 e. The van der Waals surface area contributed by atoms with Crippen LogP contribution in [0.15, 0.2) is 54.6 Å². The van der Waals surface area contributed by atoms with Crippen LogP contribution < -0.4 is 4.74 Å². The third kappa shape index (κ3) is 5.61. The third-order valence-electron chi connectivity index (χ3n) is 5.99. The first-order chi connectivity index (χ1) is 17.2. The van der Waals surface area contributed by atoms with E-state index in [0.717, 1.165) is 0 Å². The van der Waals surface area contributed by atoms with Gasteiger partial charge in [-0.1, -0.05) is 18.2 Å². The van der Waals surface area contributed by atoms with E-state index in [1.54, 1.807) is 30.3 Å². The average Bonchev–Trinajstić information content (AvgIpc) is 3.18. The summed E-state index contributed by atoms with van der Waals surface area (Å²) in [5, 5.41) is 61.0. The number of aliphatic hydroxyl groups excluding tert-OH is 4. The molecule has 2 aromatic rings. The fourth-order valence-electron chi connectivity index (χ4n) is 3.82. The van der Waals surface area contributed by atoms with Crippen LogP contribution >= 0.6 is 0 Å². The number of phenolic OH excluding ortho intramolecular Hbond substituents is 1. The Bertz CT molecular complexity index is 1000. The molecule has 2 aliphatic heterocycles. The Hall–Kier alpha value is -2.81. The van der Waals surface area contributed by atoms with Gasteiger partial charge in [0.2, 0.25) is 6.29 Å². The van der Waals surface area contributed by atoms with Crippen molar-refractivity contribution in [3.05, 3.63) is 60.2 Å². The monoisotopic (exact) mass is 508 g/mol. The number of rotatable bonds is 8. The predicted octanol–water partition coefficient (Wildman–Crippen LogP) is -1.10. The molecule has 0 saturated carbocycles. The summed E-state index contributed by atoms with van der Waals surface area (Å²) in [6.45, 7) is -1.67. The average molecular weight is 508 g/mol. The van der Waals surface area contributed by atoms with E-state index in [-0.39, 0.29) is 17.1 Å².